The van der Waals surface area contributed by atoms with Gasteiger partial charge in [0, 0.05) is 14.8 Å². The maximum absolute atomic E-state index is 12.2. The molecule has 2 aromatic carbocycles. The van der Waals surface area contributed by atoms with E-state index in [-0.39, 0.29) is 11.0 Å². The van der Waals surface area contributed by atoms with Crippen molar-refractivity contribution in [1.82, 2.24) is 5.32 Å². The Kier molecular flexibility index (Phi) is 6.35. The third-order valence-corrected chi connectivity index (χ3v) is 4.45. The summed E-state index contributed by atoms with van der Waals surface area (Å²) < 4.78 is 6.42. The number of aryl methyl sites for hydroxylation is 1. The first-order valence-electron chi connectivity index (χ1n) is 7.11. The molecule has 0 atom stereocenters. The highest BCUT2D eigenvalue weighted by molar-refractivity contribution is 14.1. The van der Waals surface area contributed by atoms with Gasteiger partial charge in [0.25, 0.3) is 5.91 Å². The summed E-state index contributed by atoms with van der Waals surface area (Å²) in [6.07, 6.45) is 0. The van der Waals surface area contributed by atoms with Gasteiger partial charge < -0.3 is 10.1 Å². The lowest BCUT2D eigenvalue weighted by atomic mass is 10.1. The highest BCUT2D eigenvalue weighted by atomic mass is 127. The zero-order chi connectivity index (χ0) is 16.8. The molecule has 0 heterocycles. The van der Waals surface area contributed by atoms with E-state index >= 15 is 0 Å². The van der Waals surface area contributed by atoms with Gasteiger partial charge in [0.15, 0.2) is 5.11 Å². The molecule has 0 aliphatic rings. The number of amides is 1. The van der Waals surface area contributed by atoms with Crippen LogP contribution in [0.4, 0.5) is 5.69 Å². The Morgan fingerprint density at radius 3 is 2.52 bits per heavy atom. The molecule has 0 aliphatic heterocycles. The van der Waals surface area contributed by atoms with Crippen molar-refractivity contribution >= 4 is 51.5 Å². The van der Waals surface area contributed by atoms with Crippen molar-refractivity contribution in [3.63, 3.8) is 0 Å². The van der Waals surface area contributed by atoms with E-state index in [1.54, 1.807) is 6.07 Å². The van der Waals surface area contributed by atoms with Crippen molar-refractivity contribution in [2.45, 2.75) is 13.8 Å². The number of hydrogen-bond donors (Lipinski definition) is 2. The quantitative estimate of drug-likeness (QED) is 0.555. The van der Waals surface area contributed by atoms with Gasteiger partial charge in [-0.1, -0.05) is 6.07 Å². The van der Waals surface area contributed by atoms with Crippen LogP contribution in [0.5, 0.6) is 5.75 Å². The molecule has 0 bridgehead atoms. The summed E-state index contributed by atoms with van der Waals surface area (Å²) in [6, 6.07) is 12.9. The Morgan fingerprint density at radius 2 is 1.91 bits per heavy atom. The molecule has 2 rings (SSSR count). The van der Waals surface area contributed by atoms with Crippen LogP contribution in [0.25, 0.3) is 0 Å². The largest absolute Gasteiger partial charge is 0.494 e. The van der Waals surface area contributed by atoms with Crippen LogP contribution in [-0.4, -0.2) is 17.6 Å². The highest BCUT2D eigenvalue weighted by Gasteiger charge is 2.09. The second-order valence-corrected chi connectivity index (χ2v) is 6.40. The van der Waals surface area contributed by atoms with Gasteiger partial charge in [0.1, 0.15) is 5.75 Å². The summed E-state index contributed by atoms with van der Waals surface area (Å²) in [5, 5.41) is 5.92. The van der Waals surface area contributed by atoms with E-state index in [2.05, 4.69) is 33.2 Å². The highest BCUT2D eigenvalue weighted by Crippen LogP contribution is 2.16. The number of carbonyl (C=O) groups excluding carboxylic acids is 1. The van der Waals surface area contributed by atoms with Gasteiger partial charge in [0.2, 0.25) is 0 Å². The molecule has 0 unspecified atom stereocenters. The van der Waals surface area contributed by atoms with Gasteiger partial charge in [-0.05, 0) is 90.6 Å². The number of thiocarbonyl (C=S) groups is 1. The van der Waals surface area contributed by atoms with Crippen LogP contribution in [-0.2, 0) is 0 Å². The Balaban J connectivity index is 1.95. The van der Waals surface area contributed by atoms with Crippen LogP contribution in [0.2, 0.25) is 0 Å². The second-order valence-electron chi connectivity index (χ2n) is 4.83. The first-order chi connectivity index (χ1) is 11.0. The lowest BCUT2D eigenvalue weighted by molar-refractivity contribution is 0.0977. The summed E-state index contributed by atoms with van der Waals surface area (Å²) in [4.78, 5) is 12.2. The van der Waals surface area contributed by atoms with Crippen molar-refractivity contribution in [1.29, 1.82) is 0 Å². The van der Waals surface area contributed by atoms with Crippen molar-refractivity contribution in [3.8, 4) is 5.75 Å². The number of carbonyl (C=O) groups is 1. The molecular weight excluding hydrogens is 423 g/mol. The molecule has 2 aromatic rings. The molecule has 4 nitrogen and oxygen atoms in total. The van der Waals surface area contributed by atoms with E-state index in [0.717, 1.165) is 20.6 Å². The first-order valence-corrected chi connectivity index (χ1v) is 8.59. The van der Waals surface area contributed by atoms with Gasteiger partial charge in [0.05, 0.1) is 6.61 Å². The topological polar surface area (TPSA) is 50.4 Å². The van der Waals surface area contributed by atoms with Gasteiger partial charge in [-0.15, -0.1) is 0 Å². The van der Waals surface area contributed by atoms with E-state index < -0.39 is 0 Å². The third kappa shape index (κ3) is 5.18. The number of hydrogen-bond acceptors (Lipinski definition) is 3. The average Bonchev–Trinajstić information content (AvgIpc) is 2.52. The minimum Gasteiger partial charge on any atom is -0.494 e. The number of halogens is 1. The van der Waals surface area contributed by atoms with Crippen molar-refractivity contribution in [2.75, 3.05) is 11.9 Å². The van der Waals surface area contributed by atoms with Gasteiger partial charge in [-0.2, -0.15) is 0 Å². The van der Waals surface area contributed by atoms with E-state index in [9.17, 15) is 4.79 Å². The predicted molar refractivity (Wildman–Crippen MR) is 105 cm³/mol. The molecule has 0 aromatic heterocycles. The minimum atomic E-state index is -0.230. The molecular formula is C17H17IN2O2S. The van der Waals surface area contributed by atoms with Crippen molar-refractivity contribution in [3.05, 3.63) is 57.2 Å². The Bertz CT molecular complexity index is 717. The lowest BCUT2D eigenvalue weighted by Crippen LogP contribution is -2.34. The molecule has 0 saturated heterocycles. The first kappa shape index (κ1) is 17.7. The summed E-state index contributed by atoms with van der Waals surface area (Å²) >= 11 is 7.38. The molecule has 0 saturated carbocycles. The maximum Gasteiger partial charge on any atom is 0.257 e. The molecule has 23 heavy (non-hydrogen) atoms. The zero-order valence-electron chi connectivity index (χ0n) is 12.9. The summed E-state index contributed by atoms with van der Waals surface area (Å²) in [7, 11) is 0. The normalized spacial score (nSPS) is 10.0. The fraction of sp³-hybridized carbons (Fsp3) is 0.176. The molecule has 6 heteroatoms. The van der Waals surface area contributed by atoms with Crippen LogP contribution < -0.4 is 15.4 Å². The van der Waals surface area contributed by atoms with E-state index in [4.69, 9.17) is 17.0 Å². The Labute approximate surface area is 154 Å². The molecule has 120 valence electrons. The number of benzene rings is 2. The minimum absolute atomic E-state index is 0.230. The summed E-state index contributed by atoms with van der Waals surface area (Å²) in [6.45, 7) is 4.56. The number of anilines is 1. The zero-order valence-corrected chi connectivity index (χ0v) is 15.8. The number of ether oxygens (including phenoxy) is 1. The van der Waals surface area contributed by atoms with Crippen LogP contribution in [0, 0.1) is 10.5 Å². The smallest absolute Gasteiger partial charge is 0.257 e. The standard InChI is InChI=1S/C17H17IN2O2S/c1-3-22-14-8-6-13(7-9-14)19-17(23)20-16(21)12-5-4-11(2)15(18)10-12/h4-10H,3H2,1-2H3,(H2,19,20,21,23). The van der Waals surface area contributed by atoms with E-state index in [1.165, 1.54) is 0 Å². The van der Waals surface area contributed by atoms with Crippen molar-refractivity contribution in [2.24, 2.45) is 0 Å². The van der Waals surface area contributed by atoms with Crippen LogP contribution >= 0.6 is 34.8 Å². The van der Waals surface area contributed by atoms with Crippen LogP contribution in [0.1, 0.15) is 22.8 Å². The summed E-state index contributed by atoms with van der Waals surface area (Å²) in [5.41, 5.74) is 2.50. The second kappa shape index (κ2) is 8.26. The monoisotopic (exact) mass is 440 g/mol. The van der Waals surface area contributed by atoms with E-state index in [0.29, 0.717) is 12.2 Å². The van der Waals surface area contributed by atoms with Crippen LogP contribution in [0.15, 0.2) is 42.5 Å². The lowest BCUT2D eigenvalue weighted by Gasteiger charge is -2.11. The van der Waals surface area contributed by atoms with Crippen molar-refractivity contribution < 1.29 is 9.53 Å². The summed E-state index contributed by atoms with van der Waals surface area (Å²) in [5.74, 6) is 0.564. The maximum atomic E-state index is 12.2. The molecule has 2 N–H and O–H groups in total. The SMILES string of the molecule is CCOc1ccc(NC(=S)NC(=O)c2ccc(C)c(I)c2)cc1. The molecule has 0 spiro atoms. The molecule has 1 amide bonds. The number of nitrogens with one attached hydrogen (secondary N) is 2. The molecule has 0 aliphatic carbocycles. The fourth-order valence-electron chi connectivity index (χ4n) is 1.87. The fourth-order valence-corrected chi connectivity index (χ4v) is 2.60. The Morgan fingerprint density at radius 1 is 1.22 bits per heavy atom. The Hall–Kier alpha value is -1.67. The third-order valence-electron chi connectivity index (χ3n) is 3.08. The van der Waals surface area contributed by atoms with Gasteiger partial charge >= 0.3 is 0 Å². The van der Waals surface area contributed by atoms with Crippen LogP contribution in [0.3, 0.4) is 0 Å². The molecule has 0 radical (unpaired) electrons. The van der Waals surface area contributed by atoms with Gasteiger partial charge in [-0.3, -0.25) is 10.1 Å². The van der Waals surface area contributed by atoms with Gasteiger partial charge in [-0.25, -0.2) is 0 Å². The predicted octanol–water partition coefficient (Wildman–Crippen LogP) is 4.13. The van der Waals surface area contributed by atoms with E-state index in [1.807, 2.05) is 50.2 Å². The average molecular weight is 440 g/mol. The number of rotatable bonds is 4. The molecule has 0 fully saturated rings.